The largest absolute Gasteiger partial charge is 0.486 e. The number of hydrogen-bond donors (Lipinski definition) is 0. The molecule has 1 fully saturated rings. The molecule has 3 rings (SSSR count). The maximum absolute atomic E-state index is 12.7. The molecule has 0 unspecified atom stereocenters. The number of piperidine rings is 1. The Balaban J connectivity index is 1.53. The van der Waals surface area contributed by atoms with Crippen molar-refractivity contribution in [1.29, 1.82) is 0 Å². The fourth-order valence-electron chi connectivity index (χ4n) is 2.69. The van der Waals surface area contributed by atoms with Crippen molar-refractivity contribution in [2.75, 3.05) is 18.0 Å². The maximum Gasteiger partial charge on any atom is 0.391 e. The molecule has 0 bridgehead atoms. The zero-order chi connectivity index (χ0) is 17.0. The quantitative estimate of drug-likeness (QED) is 0.850. The van der Waals surface area contributed by atoms with Crippen molar-refractivity contribution >= 4 is 5.95 Å². The lowest BCUT2D eigenvalue weighted by Crippen LogP contribution is -2.39. The van der Waals surface area contributed by atoms with Gasteiger partial charge in [-0.05, 0) is 18.4 Å². The number of rotatable bonds is 4. The molecule has 4 nitrogen and oxygen atoms in total. The van der Waals surface area contributed by atoms with Gasteiger partial charge in [-0.3, -0.25) is 0 Å². The third-order valence-corrected chi connectivity index (χ3v) is 4.10. The van der Waals surface area contributed by atoms with Crippen LogP contribution in [-0.4, -0.2) is 29.2 Å². The fraction of sp³-hybridized carbons (Fsp3) is 0.412. The van der Waals surface area contributed by atoms with E-state index < -0.39 is 12.1 Å². The van der Waals surface area contributed by atoms with E-state index in [4.69, 9.17) is 4.74 Å². The Kier molecular flexibility index (Phi) is 4.87. The third-order valence-electron chi connectivity index (χ3n) is 4.10. The highest BCUT2D eigenvalue weighted by atomic mass is 19.4. The molecule has 0 spiro atoms. The molecule has 0 saturated carbocycles. The van der Waals surface area contributed by atoms with E-state index in [1.807, 2.05) is 30.3 Å². The predicted molar refractivity (Wildman–Crippen MR) is 83.8 cm³/mol. The summed E-state index contributed by atoms with van der Waals surface area (Å²) in [5.74, 6) is -0.238. The van der Waals surface area contributed by atoms with E-state index in [2.05, 4.69) is 9.97 Å². The summed E-state index contributed by atoms with van der Waals surface area (Å²) in [7, 11) is 0. The normalized spacial score (nSPS) is 16.2. The topological polar surface area (TPSA) is 38.2 Å². The molecule has 1 aliphatic heterocycles. The van der Waals surface area contributed by atoms with E-state index in [1.54, 1.807) is 17.3 Å². The molecule has 24 heavy (non-hydrogen) atoms. The van der Waals surface area contributed by atoms with E-state index in [-0.39, 0.29) is 12.8 Å². The van der Waals surface area contributed by atoms with Crippen LogP contribution in [0.2, 0.25) is 0 Å². The van der Waals surface area contributed by atoms with E-state index in [0.29, 0.717) is 31.4 Å². The molecule has 128 valence electrons. The van der Waals surface area contributed by atoms with Crippen molar-refractivity contribution in [2.45, 2.75) is 25.6 Å². The lowest BCUT2D eigenvalue weighted by molar-refractivity contribution is -0.179. The Labute approximate surface area is 138 Å². The number of ether oxygens (including phenoxy) is 1. The van der Waals surface area contributed by atoms with E-state index in [0.717, 1.165) is 5.56 Å². The first-order valence-electron chi connectivity index (χ1n) is 7.83. The van der Waals surface area contributed by atoms with Crippen LogP contribution in [-0.2, 0) is 6.61 Å². The molecular formula is C17H18F3N3O. The van der Waals surface area contributed by atoms with Crippen LogP contribution in [0.3, 0.4) is 0 Å². The van der Waals surface area contributed by atoms with Gasteiger partial charge in [0.05, 0.1) is 18.3 Å². The zero-order valence-corrected chi connectivity index (χ0v) is 13.0. The molecular weight excluding hydrogens is 319 g/mol. The number of hydrogen-bond acceptors (Lipinski definition) is 4. The van der Waals surface area contributed by atoms with Gasteiger partial charge in [0.2, 0.25) is 5.95 Å². The second kappa shape index (κ2) is 7.07. The first-order chi connectivity index (χ1) is 11.5. The highest BCUT2D eigenvalue weighted by molar-refractivity contribution is 5.32. The lowest BCUT2D eigenvalue weighted by atomic mass is 9.96. The Morgan fingerprint density at radius 2 is 1.67 bits per heavy atom. The van der Waals surface area contributed by atoms with Crippen LogP contribution in [0.4, 0.5) is 19.1 Å². The minimum absolute atomic E-state index is 0.0825. The molecule has 0 amide bonds. The van der Waals surface area contributed by atoms with Gasteiger partial charge in [0, 0.05) is 13.1 Å². The zero-order valence-electron chi connectivity index (χ0n) is 13.0. The minimum Gasteiger partial charge on any atom is -0.486 e. The van der Waals surface area contributed by atoms with Gasteiger partial charge in [-0.2, -0.15) is 13.2 Å². The number of alkyl halides is 3. The predicted octanol–water partition coefficient (Wildman–Crippen LogP) is 3.83. The SMILES string of the molecule is FC(F)(F)C1CCN(c2ncc(OCc3ccccc3)cn2)CC1. The second-order valence-corrected chi connectivity index (χ2v) is 5.80. The van der Waals surface area contributed by atoms with Gasteiger partial charge in [-0.15, -0.1) is 0 Å². The van der Waals surface area contributed by atoms with Gasteiger partial charge in [0.25, 0.3) is 0 Å². The molecule has 0 N–H and O–H groups in total. The van der Waals surface area contributed by atoms with E-state index >= 15 is 0 Å². The van der Waals surface area contributed by atoms with Crippen LogP contribution in [0.1, 0.15) is 18.4 Å². The summed E-state index contributed by atoms with van der Waals surface area (Å²) in [5, 5.41) is 0. The number of halogens is 3. The van der Waals surface area contributed by atoms with Crippen LogP contribution in [0, 0.1) is 5.92 Å². The summed E-state index contributed by atoms with van der Waals surface area (Å²) >= 11 is 0. The smallest absolute Gasteiger partial charge is 0.391 e. The Morgan fingerprint density at radius 1 is 1.04 bits per heavy atom. The van der Waals surface area contributed by atoms with E-state index in [9.17, 15) is 13.2 Å². The molecule has 2 aromatic rings. The number of anilines is 1. The van der Waals surface area contributed by atoms with Gasteiger partial charge in [0.1, 0.15) is 6.61 Å². The van der Waals surface area contributed by atoms with Gasteiger partial charge in [0.15, 0.2) is 5.75 Å². The third kappa shape index (κ3) is 4.15. The monoisotopic (exact) mass is 337 g/mol. The summed E-state index contributed by atoms with van der Waals surface area (Å²) in [4.78, 5) is 10.2. The van der Waals surface area contributed by atoms with Crippen molar-refractivity contribution in [2.24, 2.45) is 5.92 Å². The van der Waals surface area contributed by atoms with Gasteiger partial charge < -0.3 is 9.64 Å². The summed E-state index contributed by atoms with van der Waals surface area (Å²) in [6.45, 7) is 1.04. The van der Waals surface area contributed by atoms with Crippen LogP contribution in [0.25, 0.3) is 0 Å². The van der Waals surface area contributed by atoms with Crippen LogP contribution < -0.4 is 9.64 Å². The molecule has 7 heteroatoms. The molecule has 2 heterocycles. The summed E-state index contributed by atoms with van der Waals surface area (Å²) < 4.78 is 43.7. The number of nitrogens with zero attached hydrogens (tertiary/aromatic N) is 3. The van der Waals surface area contributed by atoms with Gasteiger partial charge in [-0.25, -0.2) is 9.97 Å². The van der Waals surface area contributed by atoms with Crippen molar-refractivity contribution in [1.82, 2.24) is 9.97 Å². The molecule has 1 aromatic heterocycles. The Bertz CT molecular complexity index is 638. The second-order valence-electron chi connectivity index (χ2n) is 5.80. The molecule has 0 atom stereocenters. The molecule has 0 aliphatic carbocycles. The van der Waals surface area contributed by atoms with Crippen LogP contribution in [0.15, 0.2) is 42.7 Å². The van der Waals surface area contributed by atoms with Crippen LogP contribution >= 0.6 is 0 Å². The maximum atomic E-state index is 12.7. The summed E-state index contributed by atoms with van der Waals surface area (Å²) in [6.07, 6.45) is -0.831. The average Bonchev–Trinajstić information content (AvgIpc) is 2.61. The highest BCUT2D eigenvalue weighted by Crippen LogP contribution is 2.34. The average molecular weight is 337 g/mol. The first kappa shape index (κ1) is 16.5. The number of benzene rings is 1. The van der Waals surface area contributed by atoms with Gasteiger partial charge in [-0.1, -0.05) is 30.3 Å². The Hall–Kier alpha value is -2.31. The first-order valence-corrected chi connectivity index (χ1v) is 7.83. The minimum atomic E-state index is -4.11. The molecule has 0 radical (unpaired) electrons. The molecule has 1 aromatic carbocycles. The summed E-state index contributed by atoms with van der Waals surface area (Å²) in [5.41, 5.74) is 1.04. The molecule has 1 aliphatic rings. The van der Waals surface area contributed by atoms with E-state index in [1.165, 1.54) is 0 Å². The highest BCUT2D eigenvalue weighted by Gasteiger charge is 2.41. The van der Waals surface area contributed by atoms with Crippen molar-refractivity contribution in [3.63, 3.8) is 0 Å². The number of aromatic nitrogens is 2. The standard InChI is InChI=1S/C17H18F3N3O/c18-17(19,20)14-6-8-23(9-7-14)16-21-10-15(11-22-16)24-12-13-4-2-1-3-5-13/h1-5,10-11,14H,6-9,12H2. The van der Waals surface area contributed by atoms with Crippen molar-refractivity contribution < 1.29 is 17.9 Å². The van der Waals surface area contributed by atoms with Gasteiger partial charge >= 0.3 is 6.18 Å². The van der Waals surface area contributed by atoms with Crippen molar-refractivity contribution in [3.05, 3.63) is 48.3 Å². The lowest BCUT2D eigenvalue weighted by Gasteiger charge is -2.32. The van der Waals surface area contributed by atoms with Crippen LogP contribution in [0.5, 0.6) is 5.75 Å². The Morgan fingerprint density at radius 3 is 2.25 bits per heavy atom. The fourth-order valence-corrected chi connectivity index (χ4v) is 2.69. The summed E-state index contributed by atoms with van der Waals surface area (Å²) in [6, 6.07) is 9.72. The van der Waals surface area contributed by atoms with Crippen molar-refractivity contribution in [3.8, 4) is 5.75 Å². The molecule has 1 saturated heterocycles.